The molecule has 2 aromatic rings. The van der Waals surface area contributed by atoms with Crippen LogP contribution in [0.4, 0.5) is 10.2 Å². The first-order valence-electron chi connectivity index (χ1n) is 12.9. The van der Waals surface area contributed by atoms with E-state index in [4.69, 9.17) is 5.73 Å². The summed E-state index contributed by atoms with van der Waals surface area (Å²) in [4.78, 5) is 30.5. The topological polar surface area (TPSA) is 103 Å². The molecule has 2 aliphatic rings. The van der Waals surface area contributed by atoms with E-state index in [1.165, 1.54) is 18.9 Å². The molecule has 3 N–H and O–H groups in total. The van der Waals surface area contributed by atoms with E-state index in [0.717, 1.165) is 51.4 Å². The molecule has 0 unspecified atom stereocenters. The van der Waals surface area contributed by atoms with E-state index in [1.807, 2.05) is 6.92 Å². The highest BCUT2D eigenvalue weighted by molar-refractivity contribution is 9.10. The molecule has 2 aromatic heterocycles. The third kappa shape index (κ3) is 5.76. The van der Waals surface area contributed by atoms with Gasteiger partial charge in [-0.2, -0.15) is 9.49 Å². The van der Waals surface area contributed by atoms with Crippen molar-refractivity contribution in [1.29, 1.82) is 0 Å². The number of primary amides is 1. The van der Waals surface area contributed by atoms with Crippen molar-refractivity contribution in [3.05, 3.63) is 40.0 Å². The van der Waals surface area contributed by atoms with Crippen LogP contribution in [0.15, 0.2) is 22.8 Å². The van der Waals surface area contributed by atoms with Crippen molar-refractivity contribution in [2.75, 3.05) is 5.32 Å². The second-order valence-electron chi connectivity index (χ2n) is 9.94. The average molecular weight is 549 g/mol. The predicted octanol–water partition coefficient (Wildman–Crippen LogP) is 5.80. The van der Waals surface area contributed by atoms with Crippen molar-refractivity contribution < 1.29 is 14.0 Å². The number of nitrogens with one attached hydrogen (secondary N) is 1. The van der Waals surface area contributed by atoms with Gasteiger partial charge in [-0.1, -0.05) is 64.2 Å². The number of hydrogen-bond acceptors (Lipinski definition) is 4. The van der Waals surface area contributed by atoms with E-state index in [0.29, 0.717) is 29.6 Å². The van der Waals surface area contributed by atoms with Crippen LogP contribution in [0.2, 0.25) is 0 Å². The molecule has 0 bridgehead atoms. The molecule has 9 heteroatoms. The summed E-state index contributed by atoms with van der Waals surface area (Å²) in [6.07, 6.45) is 13.0. The minimum Gasteiger partial charge on any atom is -0.364 e. The summed E-state index contributed by atoms with van der Waals surface area (Å²) < 4.78 is 15.9. The Morgan fingerprint density at radius 2 is 1.71 bits per heavy atom. The van der Waals surface area contributed by atoms with Gasteiger partial charge in [0.05, 0.1) is 16.6 Å². The van der Waals surface area contributed by atoms with Crippen LogP contribution in [0, 0.1) is 23.7 Å². The number of anilines is 1. The van der Waals surface area contributed by atoms with Gasteiger partial charge in [0.1, 0.15) is 11.5 Å². The molecule has 2 amide bonds. The maximum Gasteiger partial charge on any atom is 0.267 e. The highest BCUT2D eigenvalue weighted by Gasteiger charge is 2.43. The van der Waals surface area contributed by atoms with Crippen LogP contribution in [0.25, 0.3) is 0 Å². The monoisotopic (exact) mass is 547 g/mol. The van der Waals surface area contributed by atoms with Crippen molar-refractivity contribution in [3.8, 4) is 0 Å². The van der Waals surface area contributed by atoms with Gasteiger partial charge in [0, 0.05) is 12.1 Å². The SMILES string of the molecule is CCn1ncc([C@@H](C(=O)Nc2ccc(Br)c(F)n2)C(C2CCCCC2)C2CCCCC2)c1C(N)=O. The number of aryl methyl sites for hydroxylation is 1. The lowest BCUT2D eigenvalue weighted by molar-refractivity contribution is -0.120. The molecule has 1 atom stereocenters. The fourth-order valence-electron chi connectivity index (χ4n) is 6.32. The van der Waals surface area contributed by atoms with Gasteiger partial charge in [-0.15, -0.1) is 0 Å². The number of aromatic nitrogens is 3. The fourth-order valence-corrected chi connectivity index (χ4v) is 6.54. The van der Waals surface area contributed by atoms with Crippen LogP contribution in [-0.4, -0.2) is 26.6 Å². The van der Waals surface area contributed by atoms with E-state index >= 15 is 0 Å². The zero-order chi connectivity index (χ0) is 24.9. The second-order valence-corrected chi connectivity index (χ2v) is 10.8. The molecule has 7 nitrogen and oxygen atoms in total. The molecule has 0 radical (unpaired) electrons. The Labute approximate surface area is 214 Å². The van der Waals surface area contributed by atoms with Gasteiger partial charge in [0.25, 0.3) is 5.91 Å². The maximum atomic E-state index is 14.1. The average Bonchev–Trinajstić information content (AvgIpc) is 3.29. The lowest BCUT2D eigenvalue weighted by Crippen LogP contribution is -2.39. The summed E-state index contributed by atoms with van der Waals surface area (Å²) in [7, 11) is 0. The van der Waals surface area contributed by atoms with E-state index in [-0.39, 0.29) is 22.1 Å². The van der Waals surface area contributed by atoms with Gasteiger partial charge in [0.2, 0.25) is 11.9 Å². The summed E-state index contributed by atoms with van der Waals surface area (Å²) in [5.41, 5.74) is 6.69. The molecule has 2 heterocycles. The number of hydrogen-bond donors (Lipinski definition) is 2. The van der Waals surface area contributed by atoms with Crippen LogP contribution < -0.4 is 11.1 Å². The zero-order valence-corrected chi connectivity index (χ0v) is 21.9. The third-order valence-electron chi connectivity index (χ3n) is 7.85. The quantitative estimate of drug-likeness (QED) is 0.407. The van der Waals surface area contributed by atoms with Gasteiger partial charge in [-0.05, 0) is 52.7 Å². The third-order valence-corrected chi connectivity index (χ3v) is 8.44. The molecule has 2 aliphatic carbocycles. The zero-order valence-electron chi connectivity index (χ0n) is 20.3. The molecule has 2 fully saturated rings. The molecular weight excluding hydrogens is 513 g/mol. The highest BCUT2D eigenvalue weighted by Crippen LogP contribution is 2.47. The summed E-state index contributed by atoms with van der Waals surface area (Å²) in [5, 5.41) is 7.28. The van der Waals surface area contributed by atoms with Crippen molar-refractivity contribution in [2.24, 2.45) is 23.5 Å². The first kappa shape index (κ1) is 25.8. The van der Waals surface area contributed by atoms with E-state index in [9.17, 15) is 14.0 Å². The second kappa shape index (κ2) is 11.6. The Kier molecular flexibility index (Phi) is 8.57. The Bertz CT molecular complexity index is 1030. The first-order chi connectivity index (χ1) is 16.9. The number of carbonyl (C=O) groups excluding carboxylic acids is 2. The minimum absolute atomic E-state index is 0.0588. The lowest BCUT2D eigenvalue weighted by atomic mass is 9.63. The summed E-state index contributed by atoms with van der Waals surface area (Å²) in [6, 6.07) is 3.10. The van der Waals surface area contributed by atoms with Gasteiger partial charge >= 0.3 is 0 Å². The van der Waals surface area contributed by atoms with Gasteiger partial charge in [-0.25, -0.2) is 4.98 Å². The van der Waals surface area contributed by atoms with Gasteiger partial charge < -0.3 is 11.1 Å². The number of halogens is 2. The molecule has 2 saturated carbocycles. The minimum atomic E-state index is -0.688. The van der Waals surface area contributed by atoms with Gasteiger partial charge in [-0.3, -0.25) is 14.3 Å². The van der Waals surface area contributed by atoms with Crippen molar-refractivity contribution in [2.45, 2.75) is 83.6 Å². The fraction of sp³-hybridized carbons (Fsp3) is 0.615. The number of pyridine rings is 1. The number of amides is 2. The van der Waals surface area contributed by atoms with E-state index in [2.05, 4.69) is 31.3 Å². The van der Waals surface area contributed by atoms with Crippen molar-refractivity contribution in [1.82, 2.24) is 14.8 Å². The Balaban J connectivity index is 1.79. The normalized spacial score (nSPS) is 18.5. The number of nitrogens with zero attached hydrogens (tertiary/aromatic N) is 3. The predicted molar refractivity (Wildman–Crippen MR) is 136 cm³/mol. The van der Waals surface area contributed by atoms with Gasteiger partial charge in [0.15, 0.2) is 0 Å². The molecule has 0 saturated heterocycles. The molecular formula is C26H35BrFN5O2. The Hall–Kier alpha value is -2.29. The molecule has 35 heavy (non-hydrogen) atoms. The summed E-state index contributed by atoms with van der Waals surface area (Å²) >= 11 is 3.11. The number of nitrogens with two attached hydrogens (primary N) is 1. The van der Waals surface area contributed by atoms with Crippen molar-refractivity contribution in [3.63, 3.8) is 0 Å². The molecule has 190 valence electrons. The van der Waals surface area contributed by atoms with Crippen LogP contribution >= 0.6 is 15.9 Å². The van der Waals surface area contributed by atoms with E-state index in [1.54, 1.807) is 16.9 Å². The standard InChI is InChI=1S/C26H35BrFN5O2/c1-2-33-23(25(29)34)18(15-30-33)22(26(35)32-20-14-13-19(27)24(28)31-20)21(16-9-5-3-6-10-16)17-11-7-4-8-12-17/h13-17,21-22H,2-12H2,1H3,(H2,29,34)(H,31,32,35)/t22-/m1/s1. The maximum absolute atomic E-state index is 14.1. The number of carbonyl (C=O) groups is 2. The number of rotatable bonds is 8. The molecule has 0 aliphatic heterocycles. The van der Waals surface area contributed by atoms with Crippen LogP contribution in [0.3, 0.4) is 0 Å². The van der Waals surface area contributed by atoms with Crippen molar-refractivity contribution >= 4 is 33.6 Å². The van der Waals surface area contributed by atoms with Crippen LogP contribution in [-0.2, 0) is 11.3 Å². The molecule has 0 aromatic carbocycles. The lowest BCUT2D eigenvalue weighted by Gasteiger charge is -2.41. The molecule has 0 spiro atoms. The molecule has 4 rings (SSSR count). The van der Waals surface area contributed by atoms with Crippen LogP contribution in [0.5, 0.6) is 0 Å². The Morgan fingerprint density at radius 3 is 2.23 bits per heavy atom. The smallest absolute Gasteiger partial charge is 0.267 e. The highest BCUT2D eigenvalue weighted by atomic mass is 79.9. The Morgan fingerprint density at radius 1 is 1.11 bits per heavy atom. The van der Waals surface area contributed by atoms with Crippen LogP contribution in [0.1, 0.15) is 93.1 Å². The summed E-state index contributed by atoms with van der Waals surface area (Å²) in [5.74, 6) is -1.20. The first-order valence-corrected chi connectivity index (χ1v) is 13.7. The summed E-state index contributed by atoms with van der Waals surface area (Å²) in [6.45, 7) is 2.37. The van der Waals surface area contributed by atoms with E-state index < -0.39 is 17.8 Å². The largest absolute Gasteiger partial charge is 0.364 e.